The minimum absolute atomic E-state index is 0.195. The number of fused-ring (bicyclic) bond motifs is 1. The molecule has 4 aromatic rings. The molecule has 2 aromatic carbocycles. The second-order valence-electron chi connectivity index (χ2n) is 10.0. The second-order valence-corrected chi connectivity index (χ2v) is 10.0. The van der Waals surface area contributed by atoms with Gasteiger partial charge in [0.15, 0.2) is 0 Å². The molecule has 1 saturated carbocycles. The van der Waals surface area contributed by atoms with E-state index < -0.39 is 5.91 Å². The van der Waals surface area contributed by atoms with Crippen LogP contribution in [0.25, 0.3) is 33.4 Å². The Balaban J connectivity index is 1.61. The van der Waals surface area contributed by atoms with Crippen LogP contribution in [0.1, 0.15) is 37.0 Å². The molecule has 0 unspecified atom stereocenters. The van der Waals surface area contributed by atoms with Gasteiger partial charge in [0.05, 0.1) is 18.3 Å². The number of hydrogen-bond donors (Lipinski definition) is 2. The molecule has 8 heteroatoms. The van der Waals surface area contributed by atoms with Crippen molar-refractivity contribution < 1.29 is 13.9 Å². The van der Waals surface area contributed by atoms with Crippen molar-refractivity contribution in [2.24, 2.45) is 17.1 Å². The van der Waals surface area contributed by atoms with Crippen molar-refractivity contribution in [3.8, 4) is 28.3 Å². The maximum absolute atomic E-state index is 14.5. The Labute approximate surface area is 202 Å². The highest BCUT2D eigenvalue weighted by Crippen LogP contribution is 2.46. The lowest BCUT2D eigenvalue weighted by Crippen LogP contribution is -2.34. The minimum Gasteiger partial charge on any atom is -0.496 e. The Morgan fingerprint density at radius 2 is 1.94 bits per heavy atom. The number of amides is 1. The first-order valence-corrected chi connectivity index (χ1v) is 11.6. The van der Waals surface area contributed by atoms with Gasteiger partial charge in [-0.25, -0.2) is 14.1 Å². The molecule has 0 atom stereocenters. The fourth-order valence-corrected chi connectivity index (χ4v) is 5.26. The van der Waals surface area contributed by atoms with Crippen molar-refractivity contribution in [3.05, 3.63) is 59.9 Å². The average molecular weight is 474 g/mol. The molecule has 7 nitrogen and oxygen atoms in total. The Hall–Kier alpha value is -3.94. The molecule has 0 aliphatic heterocycles. The highest BCUT2D eigenvalue weighted by molar-refractivity contribution is 6.04. The lowest BCUT2D eigenvalue weighted by Gasteiger charge is -2.42. The minimum atomic E-state index is -0.636. The van der Waals surface area contributed by atoms with Crippen LogP contribution in [0.5, 0.6) is 5.75 Å². The lowest BCUT2D eigenvalue weighted by molar-refractivity contribution is 0.0805. The van der Waals surface area contributed by atoms with Gasteiger partial charge in [-0.3, -0.25) is 4.79 Å². The monoisotopic (exact) mass is 473 g/mol. The second kappa shape index (κ2) is 8.37. The zero-order chi connectivity index (χ0) is 24.9. The van der Waals surface area contributed by atoms with Crippen LogP contribution in [0, 0.1) is 17.2 Å². The SMILES string of the molecule is COc1cc(-c2ccccc2F)nc2cc(-c3nn(CC4CC(C)(C)C4)c(N)c3C(N)=O)ccc12. The quantitative estimate of drug-likeness (QED) is 0.408. The number of nitrogens with zero attached hydrogens (tertiary/aromatic N) is 3. The van der Waals surface area contributed by atoms with Gasteiger partial charge in [0.2, 0.25) is 0 Å². The van der Waals surface area contributed by atoms with E-state index in [4.69, 9.17) is 16.2 Å². The van der Waals surface area contributed by atoms with E-state index in [0.717, 1.165) is 18.2 Å². The van der Waals surface area contributed by atoms with Crippen LogP contribution in [0.15, 0.2) is 48.5 Å². The van der Waals surface area contributed by atoms with E-state index in [1.165, 1.54) is 6.07 Å². The van der Waals surface area contributed by atoms with Gasteiger partial charge in [-0.2, -0.15) is 5.10 Å². The van der Waals surface area contributed by atoms with Crippen LogP contribution in [-0.4, -0.2) is 27.8 Å². The summed E-state index contributed by atoms with van der Waals surface area (Å²) in [6.45, 7) is 5.11. The number of hydrogen-bond acceptors (Lipinski definition) is 5. The van der Waals surface area contributed by atoms with E-state index in [1.807, 2.05) is 12.1 Å². The molecule has 1 fully saturated rings. The smallest absolute Gasteiger partial charge is 0.254 e. The number of pyridine rings is 1. The van der Waals surface area contributed by atoms with Gasteiger partial charge in [-0.1, -0.05) is 32.0 Å². The fraction of sp³-hybridized carbons (Fsp3) is 0.296. The number of ether oxygens (including phenoxy) is 1. The first kappa shape index (κ1) is 22.8. The molecule has 0 bridgehead atoms. The largest absolute Gasteiger partial charge is 0.496 e. The zero-order valence-electron chi connectivity index (χ0n) is 20.0. The molecular formula is C27H28FN5O2. The summed E-state index contributed by atoms with van der Waals surface area (Å²) in [5.41, 5.74) is 15.0. The summed E-state index contributed by atoms with van der Waals surface area (Å²) in [5, 5.41) is 5.44. The van der Waals surface area contributed by atoms with Crippen molar-refractivity contribution >= 4 is 22.6 Å². The van der Waals surface area contributed by atoms with Gasteiger partial charge in [0.25, 0.3) is 5.91 Å². The number of aromatic nitrogens is 3. The number of carbonyl (C=O) groups excluding carboxylic acids is 1. The number of anilines is 1. The summed E-state index contributed by atoms with van der Waals surface area (Å²) in [7, 11) is 1.56. The van der Waals surface area contributed by atoms with Gasteiger partial charge < -0.3 is 16.2 Å². The molecule has 1 amide bonds. The van der Waals surface area contributed by atoms with E-state index in [9.17, 15) is 9.18 Å². The summed E-state index contributed by atoms with van der Waals surface area (Å²) in [6, 6.07) is 13.6. The molecule has 1 aliphatic rings. The normalized spacial score (nSPS) is 15.2. The maximum atomic E-state index is 14.5. The summed E-state index contributed by atoms with van der Waals surface area (Å²) in [5.74, 6) is 0.268. The van der Waals surface area contributed by atoms with E-state index in [0.29, 0.717) is 51.7 Å². The molecule has 0 spiro atoms. The van der Waals surface area contributed by atoms with Gasteiger partial charge in [-0.05, 0) is 48.4 Å². The predicted octanol–water partition coefficient (Wildman–Crippen LogP) is 5.03. The number of carbonyl (C=O) groups is 1. The van der Waals surface area contributed by atoms with Crippen molar-refractivity contribution in [1.82, 2.24) is 14.8 Å². The van der Waals surface area contributed by atoms with E-state index in [1.54, 1.807) is 42.1 Å². The third kappa shape index (κ3) is 4.09. The van der Waals surface area contributed by atoms with E-state index in [-0.39, 0.29) is 17.2 Å². The lowest BCUT2D eigenvalue weighted by atomic mass is 9.64. The summed E-state index contributed by atoms with van der Waals surface area (Å²) in [4.78, 5) is 17.0. The Morgan fingerprint density at radius 1 is 1.20 bits per heavy atom. The van der Waals surface area contributed by atoms with Gasteiger partial charge in [0.1, 0.15) is 28.6 Å². The van der Waals surface area contributed by atoms with Gasteiger partial charge >= 0.3 is 0 Å². The van der Waals surface area contributed by atoms with Crippen molar-refractivity contribution in [2.45, 2.75) is 33.2 Å². The average Bonchev–Trinajstić information content (AvgIpc) is 3.13. The predicted molar refractivity (Wildman–Crippen MR) is 134 cm³/mol. The summed E-state index contributed by atoms with van der Waals surface area (Å²) >= 11 is 0. The third-order valence-corrected chi connectivity index (χ3v) is 6.77. The van der Waals surface area contributed by atoms with Crippen LogP contribution in [0.3, 0.4) is 0 Å². The number of primary amides is 1. The van der Waals surface area contributed by atoms with Gasteiger partial charge in [-0.15, -0.1) is 0 Å². The number of rotatable bonds is 6. The first-order chi connectivity index (χ1) is 16.7. The Bertz CT molecular complexity index is 1450. The molecule has 0 radical (unpaired) electrons. The third-order valence-electron chi connectivity index (χ3n) is 6.77. The van der Waals surface area contributed by atoms with Crippen LogP contribution in [0.2, 0.25) is 0 Å². The number of nitrogen functional groups attached to an aromatic ring is 1. The highest BCUT2D eigenvalue weighted by Gasteiger charge is 2.37. The Morgan fingerprint density at radius 3 is 2.60 bits per heavy atom. The molecule has 0 saturated heterocycles. The molecule has 35 heavy (non-hydrogen) atoms. The maximum Gasteiger partial charge on any atom is 0.254 e. The number of halogens is 1. The summed E-state index contributed by atoms with van der Waals surface area (Å²) < 4.78 is 21.7. The van der Waals surface area contributed by atoms with Crippen molar-refractivity contribution in [3.63, 3.8) is 0 Å². The van der Waals surface area contributed by atoms with E-state index in [2.05, 4.69) is 23.9 Å². The van der Waals surface area contributed by atoms with Crippen LogP contribution in [-0.2, 0) is 6.54 Å². The number of nitrogens with two attached hydrogens (primary N) is 2. The molecule has 5 rings (SSSR count). The van der Waals surface area contributed by atoms with Crippen LogP contribution >= 0.6 is 0 Å². The first-order valence-electron chi connectivity index (χ1n) is 11.6. The van der Waals surface area contributed by atoms with E-state index >= 15 is 0 Å². The van der Waals surface area contributed by atoms with Crippen molar-refractivity contribution in [1.29, 1.82) is 0 Å². The molecular weight excluding hydrogens is 445 g/mol. The topological polar surface area (TPSA) is 109 Å². The molecule has 2 heterocycles. The number of benzene rings is 2. The fourth-order valence-electron chi connectivity index (χ4n) is 5.26. The molecule has 1 aliphatic carbocycles. The highest BCUT2D eigenvalue weighted by atomic mass is 19.1. The van der Waals surface area contributed by atoms with Crippen molar-refractivity contribution in [2.75, 3.05) is 12.8 Å². The molecule has 4 N–H and O–H groups in total. The van der Waals surface area contributed by atoms with Crippen LogP contribution in [0.4, 0.5) is 10.2 Å². The molecule has 2 aromatic heterocycles. The number of methoxy groups -OCH3 is 1. The molecule has 180 valence electrons. The summed E-state index contributed by atoms with van der Waals surface area (Å²) in [6.07, 6.45) is 2.15. The Kier molecular flexibility index (Phi) is 5.46. The standard InChI is InChI=1S/C27H28FN5O2/c1-27(2)12-15(13-27)14-33-25(29)23(26(30)34)24(32-33)16-8-9-18-20(10-16)31-21(11-22(18)35-3)17-6-4-5-7-19(17)28/h4-11,15H,12-14,29H2,1-3H3,(H2,30,34). The zero-order valence-corrected chi connectivity index (χ0v) is 20.0. The van der Waals surface area contributed by atoms with Crippen LogP contribution < -0.4 is 16.2 Å². The van der Waals surface area contributed by atoms with Gasteiger partial charge in [0, 0.05) is 29.1 Å².